The Balaban J connectivity index is 1.89. The first-order valence-electron chi connectivity index (χ1n) is 7.37. The molecule has 0 fully saturated rings. The largest absolute Gasteiger partial charge is 0.444 e. The van der Waals surface area contributed by atoms with Gasteiger partial charge in [0.05, 0.1) is 17.1 Å². The predicted octanol–water partition coefficient (Wildman–Crippen LogP) is 3.41. The summed E-state index contributed by atoms with van der Waals surface area (Å²) in [5.41, 5.74) is 7.82. The SMILES string of the molecule is C[C@H]1C(=O)Nc2c(N)cc(Cl)cc2N1C(=O)OCc1ccccc1. The van der Waals surface area contributed by atoms with Gasteiger partial charge in [-0.05, 0) is 24.6 Å². The molecule has 1 atom stereocenters. The zero-order valence-corrected chi connectivity index (χ0v) is 13.7. The van der Waals surface area contributed by atoms with Crippen LogP contribution in [-0.4, -0.2) is 18.0 Å². The Kier molecular flexibility index (Phi) is 4.31. The normalized spacial score (nSPS) is 16.3. The van der Waals surface area contributed by atoms with Gasteiger partial charge in [-0.3, -0.25) is 9.69 Å². The average molecular weight is 346 g/mol. The fourth-order valence-electron chi connectivity index (χ4n) is 2.54. The van der Waals surface area contributed by atoms with Crippen LogP contribution in [0.2, 0.25) is 5.02 Å². The molecule has 2 aromatic rings. The van der Waals surface area contributed by atoms with E-state index in [4.69, 9.17) is 22.1 Å². The minimum absolute atomic E-state index is 0.107. The lowest BCUT2D eigenvalue weighted by molar-refractivity contribution is -0.117. The maximum atomic E-state index is 12.6. The Morgan fingerprint density at radius 3 is 2.75 bits per heavy atom. The number of halogens is 1. The summed E-state index contributed by atoms with van der Waals surface area (Å²) >= 11 is 6.04. The second-order valence-electron chi connectivity index (χ2n) is 5.46. The molecule has 124 valence electrons. The van der Waals surface area contributed by atoms with Gasteiger partial charge in [-0.2, -0.15) is 0 Å². The van der Waals surface area contributed by atoms with Gasteiger partial charge in [0.25, 0.3) is 0 Å². The summed E-state index contributed by atoms with van der Waals surface area (Å²) in [6, 6.07) is 11.6. The molecule has 2 amide bonds. The number of nitrogen functional groups attached to an aromatic ring is 1. The molecule has 7 heteroatoms. The molecule has 0 saturated carbocycles. The van der Waals surface area contributed by atoms with Crippen LogP contribution in [0.3, 0.4) is 0 Å². The summed E-state index contributed by atoms with van der Waals surface area (Å²) in [5.74, 6) is -0.340. The number of ether oxygens (including phenoxy) is 1. The minimum Gasteiger partial charge on any atom is -0.444 e. The molecule has 6 nitrogen and oxygen atoms in total. The Morgan fingerprint density at radius 2 is 2.04 bits per heavy atom. The van der Waals surface area contributed by atoms with E-state index in [1.165, 1.54) is 11.0 Å². The van der Waals surface area contributed by atoms with Crippen molar-refractivity contribution in [2.45, 2.75) is 19.6 Å². The number of rotatable bonds is 2. The lowest BCUT2D eigenvalue weighted by Gasteiger charge is -2.34. The van der Waals surface area contributed by atoms with Crippen LogP contribution < -0.4 is 16.0 Å². The summed E-state index contributed by atoms with van der Waals surface area (Å²) in [6.07, 6.45) is -0.635. The van der Waals surface area contributed by atoms with Gasteiger partial charge in [-0.25, -0.2) is 4.79 Å². The van der Waals surface area contributed by atoms with E-state index >= 15 is 0 Å². The number of carbonyl (C=O) groups is 2. The van der Waals surface area contributed by atoms with E-state index in [0.717, 1.165) is 5.56 Å². The van der Waals surface area contributed by atoms with Crippen molar-refractivity contribution >= 4 is 40.7 Å². The van der Waals surface area contributed by atoms with Crippen LogP contribution in [0.15, 0.2) is 42.5 Å². The average Bonchev–Trinajstić information content (AvgIpc) is 2.56. The van der Waals surface area contributed by atoms with Crippen molar-refractivity contribution in [1.82, 2.24) is 0 Å². The van der Waals surface area contributed by atoms with Crippen molar-refractivity contribution in [1.29, 1.82) is 0 Å². The molecule has 3 N–H and O–H groups in total. The zero-order valence-electron chi connectivity index (χ0n) is 13.0. The number of hydrogen-bond acceptors (Lipinski definition) is 4. The third-order valence-electron chi connectivity index (χ3n) is 3.79. The van der Waals surface area contributed by atoms with Gasteiger partial charge in [0, 0.05) is 5.02 Å². The van der Waals surface area contributed by atoms with Crippen LogP contribution >= 0.6 is 11.6 Å². The van der Waals surface area contributed by atoms with Crippen LogP contribution in [0.1, 0.15) is 12.5 Å². The summed E-state index contributed by atoms with van der Waals surface area (Å²) in [6.45, 7) is 1.72. The standard InChI is InChI=1S/C17H16ClN3O3/c1-10-16(22)20-15-13(19)7-12(18)8-14(15)21(10)17(23)24-9-11-5-3-2-4-6-11/h2-8,10H,9,19H2,1H3,(H,20,22)/t10-/m0/s1. The number of benzene rings is 2. The molecule has 1 aliphatic heterocycles. The van der Waals surface area contributed by atoms with Gasteiger partial charge in [-0.1, -0.05) is 41.9 Å². The van der Waals surface area contributed by atoms with Crippen molar-refractivity contribution in [2.24, 2.45) is 0 Å². The highest BCUT2D eigenvalue weighted by Crippen LogP contribution is 2.39. The third kappa shape index (κ3) is 3.00. The van der Waals surface area contributed by atoms with Gasteiger partial charge in [0.1, 0.15) is 12.6 Å². The lowest BCUT2D eigenvalue weighted by atomic mass is 10.1. The quantitative estimate of drug-likeness (QED) is 0.817. The zero-order chi connectivity index (χ0) is 17.3. The molecule has 0 radical (unpaired) electrons. The van der Waals surface area contributed by atoms with Gasteiger partial charge in [0.15, 0.2) is 0 Å². The van der Waals surface area contributed by atoms with E-state index in [-0.39, 0.29) is 12.5 Å². The van der Waals surface area contributed by atoms with Gasteiger partial charge < -0.3 is 15.8 Å². The number of anilines is 3. The Labute approximate surface area is 144 Å². The first-order valence-corrected chi connectivity index (χ1v) is 7.75. The van der Waals surface area contributed by atoms with Crippen LogP contribution in [-0.2, 0) is 16.1 Å². The van der Waals surface area contributed by atoms with E-state index in [1.807, 2.05) is 30.3 Å². The number of hydrogen-bond donors (Lipinski definition) is 2. The van der Waals surface area contributed by atoms with Crippen LogP contribution in [0.4, 0.5) is 21.9 Å². The Morgan fingerprint density at radius 1 is 1.33 bits per heavy atom. The van der Waals surface area contributed by atoms with E-state index in [0.29, 0.717) is 22.1 Å². The van der Waals surface area contributed by atoms with Crippen molar-refractivity contribution < 1.29 is 14.3 Å². The molecule has 0 spiro atoms. The monoisotopic (exact) mass is 345 g/mol. The number of nitrogens with two attached hydrogens (primary N) is 1. The highest BCUT2D eigenvalue weighted by molar-refractivity contribution is 6.32. The van der Waals surface area contributed by atoms with Crippen LogP contribution in [0.5, 0.6) is 0 Å². The van der Waals surface area contributed by atoms with E-state index < -0.39 is 12.1 Å². The smallest absolute Gasteiger partial charge is 0.415 e. The van der Waals surface area contributed by atoms with Gasteiger partial charge >= 0.3 is 6.09 Å². The molecular weight excluding hydrogens is 330 g/mol. The number of fused-ring (bicyclic) bond motifs is 1. The number of amides is 2. The second-order valence-corrected chi connectivity index (χ2v) is 5.90. The highest BCUT2D eigenvalue weighted by Gasteiger charge is 2.36. The maximum Gasteiger partial charge on any atom is 0.415 e. The summed E-state index contributed by atoms with van der Waals surface area (Å²) in [4.78, 5) is 25.9. The second kappa shape index (κ2) is 6.41. The minimum atomic E-state index is -0.737. The van der Waals surface area contributed by atoms with Gasteiger partial charge in [-0.15, -0.1) is 0 Å². The molecule has 1 aliphatic rings. The van der Waals surface area contributed by atoms with E-state index in [1.54, 1.807) is 13.0 Å². The molecule has 3 rings (SSSR count). The third-order valence-corrected chi connectivity index (χ3v) is 4.01. The molecular formula is C17H16ClN3O3. The summed E-state index contributed by atoms with van der Waals surface area (Å²) in [7, 11) is 0. The van der Waals surface area contributed by atoms with Crippen LogP contribution in [0.25, 0.3) is 0 Å². The predicted molar refractivity (Wildman–Crippen MR) is 93.1 cm³/mol. The molecule has 0 saturated heterocycles. The number of nitrogens with zero attached hydrogens (tertiary/aromatic N) is 1. The van der Waals surface area contributed by atoms with Crippen molar-refractivity contribution in [3.63, 3.8) is 0 Å². The first kappa shape index (κ1) is 16.1. The summed E-state index contributed by atoms with van der Waals surface area (Å²) in [5, 5.41) is 3.06. The van der Waals surface area contributed by atoms with Crippen molar-refractivity contribution in [2.75, 3.05) is 16.0 Å². The number of carbonyl (C=O) groups excluding carboxylic acids is 2. The molecule has 24 heavy (non-hydrogen) atoms. The fourth-order valence-corrected chi connectivity index (χ4v) is 2.76. The van der Waals surface area contributed by atoms with Crippen LogP contribution in [0, 0.1) is 0 Å². The first-order chi connectivity index (χ1) is 11.5. The highest BCUT2D eigenvalue weighted by atomic mass is 35.5. The molecule has 0 unspecified atom stereocenters. The van der Waals surface area contributed by atoms with Crippen molar-refractivity contribution in [3.8, 4) is 0 Å². The lowest BCUT2D eigenvalue weighted by Crippen LogP contribution is -2.49. The van der Waals surface area contributed by atoms with E-state index in [9.17, 15) is 9.59 Å². The fraction of sp³-hybridized carbons (Fsp3) is 0.176. The number of nitrogens with one attached hydrogen (secondary N) is 1. The Bertz CT molecular complexity index is 795. The molecule has 0 aliphatic carbocycles. The molecule has 1 heterocycles. The molecule has 0 aromatic heterocycles. The molecule has 2 aromatic carbocycles. The summed E-state index contributed by atoms with van der Waals surface area (Å²) < 4.78 is 5.35. The molecule has 0 bridgehead atoms. The van der Waals surface area contributed by atoms with Crippen molar-refractivity contribution in [3.05, 3.63) is 53.1 Å². The Hall–Kier alpha value is -2.73. The van der Waals surface area contributed by atoms with E-state index in [2.05, 4.69) is 5.32 Å². The topological polar surface area (TPSA) is 84.7 Å². The maximum absolute atomic E-state index is 12.6. The van der Waals surface area contributed by atoms with Gasteiger partial charge in [0.2, 0.25) is 5.91 Å².